The largest absolute Gasteiger partial charge is 0.375 e. The Morgan fingerprint density at radius 1 is 1.41 bits per heavy atom. The minimum Gasteiger partial charge on any atom is -0.375 e. The van der Waals surface area contributed by atoms with Crippen LogP contribution in [0.1, 0.15) is 42.3 Å². The van der Waals surface area contributed by atoms with Gasteiger partial charge in [0.05, 0.1) is 29.9 Å². The lowest BCUT2D eigenvalue weighted by Crippen LogP contribution is -2.60. The first-order valence-corrected chi connectivity index (χ1v) is 10.2. The zero-order valence-electron chi connectivity index (χ0n) is 16.1. The Hall–Kier alpha value is -0.700. The number of ether oxygens (including phenoxy) is 2. The fourth-order valence-corrected chi connectivity index (χ4v) is 4.10. The molecule has 2 heterocycles. The van der Waals surface area contributed by atoms with Crippen LogP contribution in [0.3, 0.4) is 0 Å². The van der Waals surface area contributed by atoms with Crippen LogP contribution >= 0.6 is 27.5 Å². The Labute approximate surface area is 173 Å². The van der Waals surface area contributed by atoms with E-state index in [2.05, 4.69) is 15.9 Å². The highest BCUT2D eigenvalue weighted by Gasteiger charge is 2.37. The molecule has 27 heavy (non-hydrogen) atoms. The number of aliphatic hydroxyl groups is 1. The highest BCUT2D eigenvalue weighted by atomic mass is 79.9. The number of hydrogen-bond acceptors (Lipinski definition) is 5. The molecule has 0 bridgehead atoms. The van der Waals surface area contributed by atoms with Gasteiger partial charge in [-0.25, -0.2) is 0 Å². The predicted molar refractivity (Wildman–Crippen MR) is 107 cm³/mol. The third-order valence-electron chi connectivity index (χ3n) is 4.92. The maximum Gasteiger partial charge on any atom is 0.254 e. The predicted octanol–water partition coefficient (Wildman–Crippen LogP) is 3.16. The summed E-state index contributed by atoms with van der Waals surface area (Å²) in [6.45, 7) is 9.89. The summed E-state index contributed by atoms with van der Waals surface area (Å²) in [7, 11) is 0. The molecule has 1 saturated heterocycles. The van der Waals surface area contributed by atoms with Crippen molar-refractivity contribution in [2.75, 3.05) is 26.2 Å². The summed E-state index contributed by atoms with van der Waals surface area (Å²) in [4.78, 5) is 16.9. The number of rotatable bonds is 2. The summed E-state index contributed by atoms with van der Waals surface area (Å²) < 4.78 is 12.4. The van der Waals surface area contributed by atoms with Crippen LogP contribution < -0.4 is 0 Å². The minimum atomic E-state index is -1.01. The van der Waals surface area contributed by atoms with Crippen molar-refractivity contribution in [2.45, 2.75) is 52.4 Å². The van der Waals surface area contributed by atoms with Crippen molar-refractivity contribution < 1.29 is 19.4 Å². The Morgan fingerprint density at radius 3 is 2.78 bits per heavy atom. The molecule has 0 aromatic heterocycles. The number of aliphatic hydroxyl groups excluding tert-OH is 1. The second-order valence-corrected chi connectivity index (χ2v) is 9.24. The van der Waals surface area contributed by atoms with Crippen LogP contribution in [-0.2, 0) is 16.1 Å². The van der Waals surface area contributed by atoms with Gasteiger partial charge in [-0.3, -0.25) is 9.69 Å². The first-order valence-electron chi connectivity index (χ1n) is 9.04. The number of fused-ring (bicyclic) bond motifs is 2. The van der Waals surface area contributed by atoms with Crippen molar-refractivity contribution in [3.63, 3.8) is 0 Å². The summed E-state index contributed by atoms with van der Waals surface area (Å²) >= 11 is 9.77. The van der Waals surface area contributed by atoms with E-state index in [1.54, 1.807) is 6.07 Å². The van der Waals surface area contributed by atoms with Crippen LogP contribution in [0.25, 0.3) is 0 Å². The summed E-state index contributed by atoms with van der Waals surface area (Å²) in [6, 6.07) is 1.56. The highest BCUT2D eigenvalue weighted by Crippen LogP contribution is 2.34. The highest BCUT2D eigenvalue weighted by molar-refractivity contribution is 9.10. The zero-order valence-corrected chi connectivity index (χ0v) is 18.4. The molecule has 0 saturated carbocycles. The van der Waals surface area contributed by atoms with E-state index in [4.69, 9.17) is 21.1 Å². The molecule has 3 rings (SSSR count). The van der Waals surface area contributed by atoms with Crippen molar-refractivity contribution >= 4 is 33.4 Å². The van der Waals surface area contributed by atoms with Crippen LogP contribution in [0.5, 0.6) is 0 Å². The van der Waals surface area contributed by atoms with Crippen LogP contribution in [0.4, 0.5) is 0 Å². The van der Waals surface area contributed by atoms with Gasteiger partial charge in [0.1, 0.15) is 0 Å². The lowest BCUT2D eigenvalue weighted by Gasteiger charge is -2.44. The third kappa shape index (κ3) is 4.49. The van der Waals surface area contributed by atoms with Gasteiger partial charge < -0.3 is 19.5 Å². The number of nitrogens with zero attached hydrogens (tertiary/aromatic N) is 2. The van der Waals surface area contributed by atoms with Gasteiger partial charge in [-0.2, -0.15) is 0 Å². The Bertz CT molecular complexity index is 737. The van der Waals surface area contributed by atoms with Gasteiger partial charge in [-0.15, -0.1) is 0 Å². The van der Waals surface area contributed by atoms with Gasteiger partial charge in [0.15, 0.2) is 0 Å². The monoisotopic (exact) mass is 460 g/mol. The van der Waals surface area contributed by atoms with Gasteiger partial charge in [0.25, 0.3) is 5.91 Å². The van der Waals surface area contributed by atoms with Crippen molar-refractivity contribution in [3.05, 3.63) is 32.3 Å². The molecule has 2 aliphatic rings. The molecular formula is C19H26BrClN2O4. The van der Waals surface area contributed by atoms with E-state index in [1.165, 1.54) is 0 Å². The zero-order chi connectivity index (χ0) is 19.9. The van der Waals surface area contributed by atoms with E-state index in [0.717, 1.165) is 15.6 Å². The van der Waals surface area contributed by atoms with E-state index < -0.39 is 12.0 Å². The van der Waals surface area contributed by atoms with Gasteiger partial charge in [-0.1, -0.05) is 11.6 Å². The number of piperazine rings is 1. The van der Waals surface area contributed by atoms with Crippen LogP contribution in [0.2, 0.25) is 5.02 Å². The molecule has 1 aromatic carbocycles. The van der Waals surface area contributed by atoms with Crippen molar-refractivity contribution in [1.29, 1.82) is 0 Å². The SMILES string of the molecule is Cc1c(Br)c(Cl)cc2c1COC[C@H]1CN(C(O)OC(C)(C)C)CCN1C2=O. The van der Waals surface area contributed by atoms with Gasteiger partial charge >= 0.3 is 0 Å². The smallest absolute Gasteiger partial charge is 0.254 e. The van der Waals surface area contributed by atoms with Crippen molar-refractivity contribution in [2.24, 2.45) is 0 Å². The van der Waals surface area contributed by atoms with Crippen LogP contribution in [0, 0.1) is 6.92 Å². The van der Waals surface area contributed by atoms with E-state index in [0.29, 0.717) is 43.4 Å². The number of amides is 1. The normalized spacial score (nSPS) is 22.7. The molecule has 1 unspecified atom stereocenters. The maximum absolute atomic E-state index is 13.2. The second-order valence-electron chi connectivity index (χ2n) is 8.04. The van der Waals surface area contributed by atoms with E-state index in [-0.39, 0.29) is 11.9 Å². The van der Waals surface area contributed by atoms with E-state index >= 15 is 0 Å². The molecule has 0 spiro atoms. The van der Waals surface area contributed by atoms with Crippen molar-refractivity contribution in [3.8, 4) is 0 Å². The fourth-order valence-electron chi connectivity index (χ4n) is 3.50. The molecule has 1 fully saturated rings. The topological polar surface area (TPSA) is 62.2 Å². The average Bonchev–Trinajstić information content (AvgIpc) is 2.58. The van der Waals surface area contributed by atoms with E-state index in [9.17, 15) is 9.90 Å². The number of hydrogen-bond donors (Lipinski definition) is 1. The Morgan fingerprint density at radius 2 is 2.11 bits per heavy atom. The molecular weight excluding hydrogens is 436 g/mol. The molecule has 2 aliphatic heterocycles. The maximum atomic E-state index is 13.2. The number of halogens is 2. The quantitative estimate of drug-likeness (QED) is 0.686. The third-order valence-corrected chi connectivity index (χ3v) is 6.47. The number of carbonyl (C=O) groups excluding carboxylic acids is 1. The Kier molecular flexibility index (Phi) is 6.20. The van der Waals surface area contributed by atoms with Crippen molar-refractivity contribution in [1.82, 2.24) is 9.80 Å². The van der Waals surface area contributed by atoms with Crippen LogP contribution in [-0.4, -0.2) is 65.1 Å². The average molecular weight is 462 g/mol. The van der Waals surface area contributed by atoms with Crippen LogP contribution in [0.15, 0.2) is 10.5 Å². The number of benzene rings is 1. The second kappa shape index (κ2) is 7.97. The first kappa shape index (κ1) is 21.0. The van der Waals surface area contributed by atoms with Gasteiger partial charge in [0, 0.05) is 29.7 Å². The standard InChI is InChI=1S/C19H26BrClN2O4/c1-11-14-10-26-9-12-8-22(18(25)27-19(2,3)4)5-6-23(12)17(24)13(14)7-15(21)16(11)20/h7,12,18,25H,5-6,8-10H2,1-4H3/t12-,18?/m1/s1. The summed E-state index contributed by atoms with van der Waals surface area (Å²) in [5.74, 6) is -0.0401. The molecule has 0 aliphatic carbocycles. The molecule has 6 nitrogen and oxygen atoms in total. The lowest BCUT2D eigenvalue weighted by molar-refractivity contribution is -0.247. The lowest BCUT2D eigenvalue weighted by atomic mass is 9.99. The molecule has 150 valence electrons. The summed E-state index contributed by atoms with van der Waals surface area (Å²) in [6.07, 6.45) is -1.01. The first-order chi connectivity index (χ1) is 12.6. The minimum absolute atomic E-state index is 0.0401. The molecule has 8 heteroatoms. The molecule has 1 aromatic rings. The summed E-state index contributed by atoms with van der Waals surface area (Å²) in [5.41, 5.74) is 1.93. The molecule has 1 N–H and O–H groups in total. The van der Waals surface area contributed by atoms with Gasteiger partial charge in [-0.05, 0) is 60.8 Å². The van der Waals surface area contributed by atoms with E-state index in [1.807, 2.05) is 37.5 Å². The fraction of sp³-hybridized carbons (Fsp3) is 0.632. The number of carbonyl (C=O) groups is 1. The van der Waals surface area contributed by atoms with Gasteiger partial charge in [0.2, 0.25) is 6.41 Å². The Balaban J connectivity index is 1.82. The molecule has 2 atom stereocenters. The molecule has 1 amide bonds. The summed E-state index contributed by atoms with van der Waals surface area (Å²) in [5, 5.41) is 10.9. The molecule has 0 radical (unpaired) electrons.